The number of carboxylic acid groups (broad SMARTS) is 1. The molecule has 1 aromatic carbocycles. The monoisotopic (exact) mass is 258 g/mol. The van der Waals surface area contributed by atoms with Gasteiger partial charge in [0.2, 0.25) is 6.54 Å². The Labute approximate surface area is 102 Å². The van der Waals surface area contributed by atoms with E-state index in [1.807, 2.05) is 0 Å². The molecule has 0 aliphatic carbocycles. The number of nitro groups is 1. The van der Waals surface area contributed by atoms with Crippen molar-refractivity contribution in [1.82, 2.24) is 0 Å². The van der Waals surface area contributed by atoms with Crippen LogP contribution in [0.5, 0.6) is 0 Å². The number of carboxylic acids is 1. The number of hydrogen-bond donors (Lipinski definition) is 2. The number of nitrogens with zero attached hydrogens (tertiary/aromatic N) is 1. The van der Waals surface area contributed by atoms with E-state index in [2.05, 4.69) is 0 Å². The molecular formula is C10H11ClN2O4. The van der Waals surface area contributed by atoms with E-state index in [-0.39, 0.29) is 0 Å². The molecule has 2 atom stereocenters. The van der Waals surface area contributed by atoms with Gasteiger partial charge in [0.05, 0.1) is 5.92 Å². The van der Waals surface area contributed by atoms with E-state index in [1.165, 1.54) is 0 Å². The second-order valence-electron chi connectivity index (χ2n) is 3.54. The van der Waals surface area contributed by atoms with Crippen LogP contribution in [0.1, 0.15) is 11.5 Å². The SMILES string of the molecule is N[C@H](C(=O)O)[C@H](C[N+](=O)[O-])c1ccc(Cl)cc1. The van der Waals surface area contributed by atoms with Crippen LogP contribution in [0.25, 0.3) is 0 Å². The van der Waals surface area contributed by atoms with Crippen LogP contribution in [0.3, 0.4) is 0 Å². The first kappa shape index (κ1) is 13.4. The van der Waals surface area contributed by atoms with Gasteiger partial charge in [-0.2, -0.15) is 0 Å². The van der Waals surface area contributed by atoms with E-state index in [4.69, 9.17) is 22.4 Å². The second-order valence-corrected chi connectivity index (χ2v) is 3.97. The van der Waals surface area contributed by atoms with E-state index in [9.17, 15) is 14.9 Å². The molecule has 0 aliphatic rings. The first-order valence-electron chi connectivity index (χ1n) is 4.77. The fraction of sp³-hybridized carbons (Fsp3) is 0.300. The van der Waals surface area contributed by atoms with Gasteiger partial charge in [0.1, 0.15) is 6.04 Å². The molecule has 7 heteroatoms. The molecule has 6 nitrogen and oxygen atoms in total. The van der Waals surface area contributed by atoms with Crippen molar-refractivity contribution in [3.63, 3.8) is 0 Å². The molecule has 0 bridgehead atoms. The average Bonchev–Trinajstić information content (AvgIpc) is 2.26. The first-order valence-corrected chi connectivity index (χ1v) is 5.15. The summed E-state index contributed by atoms with van der Waals surface area (Å²) in [6.07, 6.45) is 0. The lowest BCUT2D eigenvalue weighted by atomic mass is 9.92. The van der Waals surface area contributed by atoms with Gasteiger partial charge in [0.15, 0.2) is 0 Å². The second kappa shape index (κ2) is 5.60. The highest BCUT2D eigenvalue weighted by molar-refractivity contribution is 6.30. The summed E-state index contributed by atoms with van der Waals surface area (Å²) in [5.41, 5.74) is 5.93. The van der Waals surface area contributed by atoms with Crippen LogP contribution >= 0.6 is 11.6 Å². The minimum atomic E-state index is -1.32. The topological polar surface area (TPSA) is 106 Å². The van der Waals surface area contributed by atoms with Crippen molar-refractivity contribution in [2.75, 3.05) is 6.54 Å². The zero-order valence-electron chi connectivity index (χ0n) is 8.75. The first-order chi connectivity index (χ1) is 7.91. The molecular weight excluding hydrogens is 248 g/mol. The van der Waals surface area contributed by atoms with E-state index < -0.39 is 29.4 Å². The summed E-state index contributed by atoms with van der Waals surface area (Å²) < 4.78 is 0. The normalized spacial score (nSPS) is 14.0. The maximum atomic E-state index is 10.8. The lowest BCUT2D eigenvalue weighted by Gasteiger charge is -2.17. The molecule has 0 saturated heterocycles. The van der Waals surface area contributed by atoms with E-state index in [0.29, 0.717) is 10.6 Å². The number of hydrogen-bond acceptors (Lipinski definition) is 4. The molecule has 17 heavy (non-hydrogen) atoms. The zero-order valence-corrected chi connectivity index (χ0v) is 9.50. The van der Waals surface area contributed by atoms with Gasteiger partial charge >= 0.3 is 5.97 Å². The highest BCUT2D eigenvalue weighted by Gasteiger charge is 2.30. The van der Waals surface area contributed by atoms with Gasteiger partial charge in [0.25, 0.3) is 0 Å². The van der Waals surface area contributed by atoms with Crippen LogP contribution in [-0.2, 0) is 4.79 Å². The third kappa shape index (κ3) is 3.69. The summed E-state index contributed by atoms with van der Waals surface area (Å²) in [4.78, 5) is 20.7. The summed E-state index contributed by atoms with van der Waals surface area (Å²) in [6.45, 7) is -0.533. The third-order valence-electron chi connectivity index (χ3n) is 2.36. The van der Waals surface area contributed by atoms with Gasteiger partial charge in [0, 0.05) is 9.95 Å². The smallest absolute Gasteiger partial charge is 0.321 e. The molecule has 0 spiro atoms. The maximum absolute atomic E-state index is 10.8. The molecule has 0 unspecified atom stereocenters. The number of aliphatic carboxylic acids is 1. The molecule has 1 rings (SSSR count). The summed E-state index contributed by atoms with van der Waals surface area (Å²) in [5.74, 6) is -2.15. The van der Waals surface area contributed by atoms with Crippen molar-refractivity contribution in [2.24, 2.45) is 5.73 Å². The largest absolute Gasteiger partial charge is 0.480 e. The van der Waals surface area contributed by atoms with Gasteiger partial charge < -0.3 is 10.8 Å². The van der Waals surface area contributed by atoms with Crippen LogP contribution in [0.2, 0.25) is 5.02 Å². The van der Waals surface area contributed by atoms with Crippen molar-refractivity contribution >= 4 is 17.6 Å². The van der Waals surface area contributed by atoms with Gasteiger partial charge in [-0.1, -0.05) is 23.7 Å². The van der Waals surface area contributed by atoms with E-state index in [1.54, 1.807) is 24.3 Å². The molecule has 0 aromatic heterocycles. The van der Waals surface area contributed by atoms with Crippen LogP contribution in [-0.4, -0.2) is 28.6 Å². The average molecular weight is 259 g/mol. The molecule has 1 aromatic rings. The number of benzene rings is 1. The number of carbonyl (C=O) groups is 1. The standard InChI is InChI=1S/C10H11ClN2O4/c11-7-3-1-6(2-4-7)8(5-13(16)17)9(12)10(14)15/h1-4,8-9H,5,12H2,(H,14,15)/t8-,9+/m1/s1. The predicted molar refractivity (Wildman–Crippen MR) is 61.7 cm³/mol. The Kier molecular flexibility index (Phi) is 4.42. The predicted octanol–water partition coefficient (Wildman–Crippen LogP) is 1.11. The number of rotatable bonds is 5. The number of halogens is 1. The minimum absolute atomic E-state index is 0.470. The lowest BCUT2D eigenvalue weighted by molar-refractivity contribution is -0.483. The van der Waals surface area contributed by atoms with Gasteiger partial charge in [-0.3, -0.25) is 14.9 Å². The van der Waals surface area contributed by atoms with Crippen molar-refractivity contribution in [3.8, 4) is 0 Å². The van der Waals surface area contributed by atoms with Gasteiger partial charge in [-0.05, 0) is 17.7 Å². The highest BCUT2D eigenvalue weighted by Crippen LogP contribution is 2.21. The molecule has 3 N–H and O–H groups in total. The minimum Gasteiger partial charge on any atom is -0.480 e. The summed E-state index contributed by atoms with van der Waals surface area (Å²) >= 11 is 5.68. The highest BCUT2D eigenvalue weighted by atomic mass is 35.5. The van der Waals surface area contributed by atoms with E-state index in [0.717, 1.165) is 0 Å². The Morgan fingerprint density at radius 2 is 2.00 bits per heavy atom. The summed E-state index contributed by atoms with van der Waals surface area (Å²) in [7, 11) is 0. The lowest BCUT2D eigenvalue weighted by Crippen LogP contribution is -2.39. The fourth-order valence-electron chi connectivity index (χ4n) is 1.47. The zero-order chi connectivity index (χ0) is 13.0. The van der Waals surface area contributed by atoms with Crippen LogP contribution in [0.15, 0.2) is 24.3 Å². The van der Waals surface area contributed by atoms with Crippen molar-refractivity contribution in [3.05, 3.63) is 45.0 Å². The maximum Gasteiger partial charge on any atom is 0.321 e. The Balaban J connectivity index is 3.01. The molecule has 0 heterocycles. The molecule has 0 fully saturated rings. The Morgan fingerprint density at radius 3 is 2.41 bits per heavy atom. The van der Waals surface area contributed by atoms with Crippen LogP contribution in [0.4, 0.5) is 0 Å². The van der Waals surface area contributed by atoms with Gasteiger partial charge in [-0.15, -0.1) is 0 Å². The number of nitrogens with two attached hydrogens (primary N) is 1. The molecule has 0 radical (unpaired) electrons. The Morgan fingerprint density at radius 1 is 1.47 bits per heavy atom. The fourth-order valence-corrected chi connectivity index (χ4v) is 1.59. The van der Waals surface area contributed by atoms with Crippen LogP contribution < -0.4 is 5.73 Å². The van der Waals surface area contributed by atoms with Crippen molar-refractivity contribution < 1.29 is 14.8 Å². The molecule has 0 amide bonds. The quantitative estimate of drug-likeness (QED) is 0.608. The Bertz CT molecular complexity index is 421. The molecule has 0 aliphatic heterocycles. The molecule has 0 saturated carbocycles. The van der Waals surface area contributed by atoms with Crippen molar-refractivity contribution in [1.29, 1.82) is 0 Å². The third-order valence-corrected chi connectivity index (χ3v) is 2.61. The van der Waals surface area contributed by atoms with Crippen LogP contribution in [0, 0.1) is 10.1 Å². The molecule has 92 valence electrons. The summed E-state index contributed by atoms with van der Waals surface area (Å²) in [5, 5.41) is 19.8. The van der Waals surface area contributed by atoms with Crippen molar-refractivity contribution in [2.45, 2.75) is 12.0 Å². The van der Waals surface area contributed by atoms with E-state index >= 15 is 0 Å². The van der Waals surface area contributed by atoms with Gasteiger partial charge in [-0.25, -0.2) is 0 Å². The Hall–Kier alpha value is -1.66. The summed E-state index contributed by atoms with van der Waals surface area (Å²) in [6, 6.07) is 4.84.